The lowest BCUT2D eigenvalue weighted by Crippen LogP contribution is -2.29. The van der Waals surface area contributed by atoms with E-state index in [0.29, 0.717) is 12.8 Å². The van der Waals surface area contributed by atoms with Crippen molar-refractivity contribution in [2.24, 2.45) is 0 Å². The highest BCUT2D eigenvalue weighted by Gasteiger charge is 2.18. The van der Waals surface area contributed by atoms with Gasteiger partial charge in [0.25, 0.3) is 5.69 Å². The van der Waals surface area contributed by atoms with Gasteiger partial charge in [0, 0.05) is 6.07 Å². The first-order chi connectivity index (χ1) is 8.45. The third kappa shape index (κ3) is 3.41. The van der Waals surface area contributed by atoms with Gasteiger partial charge in [-0.15, -0.1) is 0 Å². The number of nitrogens with zero attached hydrogens (tertiary/aromatic N) is 1. The van der Waals surface area contributed by atoms with Gasteiger partial charge in [-0.1, -0.05) is 13.3 Å². The van der Waals surface area contributed by atoms with Crippen LogP contribution in [0.15, 0.2) is 18.2 Å². The summed E-state index contributed by atoms with van der Waals surface area (Å²) in [7, 11) is 0. The standard InChI is InChI=1S/C11H13FN2O4/c1-2-3-10(11(15)16)13-9-5-4-7(14(17)18)6-8(9)12/h4-6,10,13H,2-3H2,1H3,(H,15,16). The molecular weight excluding hydrogens is 243 g/mol. The van der Waals surface area contributed by atoms with Crippen LogP contribution in [0.25, 0.3) is 0 Å². The average molecular weight is 256 g/mol. The number of nitrogens with one attached hydrogen (secondary N) is 1. The maximum absolute atomic E-state index is 13.5. The average Bonchev–Trinajstić information content (AvgIpc) is 2.30. The fraction of sp³-hybridized carbons (Fsp3) is 0.364. The summed E-state index contributed by atoms with van der Waals surface area (Å²) in [6.07, 6.45) is 0.963. The highest BCUT2D eigenvalue weighted by Crippen LogP contribution is 2.21. The maximum atomic E-state index is 13.5. The molecule has 0 bridgehead atoms. The van der Waals surface area contributed by atoms with Crippen LogP contribution in [0.3, 0.4) is 0 Å². The lowest BCUT2D eigenvalue weighted by Gasteiger charge is -2.15. The highest BCUT2D eigenvalue weighted by molar-refractivity contribution is 5.77. The van der Waals surface area contributed by atoms with Crippen LogP contribution in [-0.4, -0.2) is 22.0 Å². The van der Waals surface area contributed by atoms with Crippen LogP contribution in [0.1, 0.15) is 19.8 Å². The van der Waals surface area contributed by atoms with Gasteiger partial charge < -0.3 is 10.4 Å². The molecule has 0 radical (unpaired) electrons. The second-order valence-corrected chi connectivity index (χ2v) is 3.75. The molecule has 98 valence electrons. The molecule has 0 saturated carbocycles. The Balaban J connectivity index is 2.90. The Morgan fingerprint density at radius 2 is 2.28 bits per heavy atom. The van der Waals surface area contributed by atoms with Crippen molar-refractivity contribution in [1.82, 2.24) is 0 Å². The van der Waals surface area contributed by atoms with E-state index in [9.17, 15) is 19.3 Å². The fourth-order valence-electron chi connectivity index (χ4n) is 1.47. The van der Waals surface area contributed by atoms with Crippen molar-refractivity contribution < 1.29 is 19.2 Å². The molecule has 0 aliphatic rings. The van der Waals surface area contributed by atoms with Gasteiger partial charge in [0.2, 0.25) is 0 Å². The van der Waals surface area contributed by atoms with Crippen LogP contribution in [0.4, 0.5) is 15.8 Å². The molecule has 7 heteroatoms. The van der Waals surface area contributed by atoms with Crippen molar-refractivity contribution in [3.63, 3.8) is 0 Å². The van der Waals surface area contributed by atoms with Crippen molar-refractivity contribution in [1.29, 1.82) is 0 Å². The minimum Gasteiger partial charge on any atom is -0.480 e. The molecule has 0 fully saturated rings. The summed E-state index contributed by atoms with van der Waals surface area (Å²) in [5.74, 6) is -1.93. The zero-order chi connectivity index (χ0) is 13.7. The first-order valence-electron chi connectivity index (χ1n) is 5.39. The number of aliphatic carboxylic acids is 1. The first kappa shape index (κ1) is 13.9. The van der Waals surface area contributed by atoms with Crippen LogP contribution in [0.2, 0.25) is 0 Å². The number of rotatable bonds is 6. The number of hydrogen-bond acceptors (Lipinski definition) is 4. The summed E-state index contributed by atoms with van der Waals surface area (Å²) in [5.41, 5.74) is -0.429. The Morgan fingerprint density at radius 1 is 1.61 bits per heavy atom. The third-order valence-corrected chi connectivity index (χ3v) is 2.37. The molecule has 1 aromatic rings. The molecule has 1 atom stereocenters. The smallest absolute Gasteiger partial charge is 0.326 e. The van der Waals surface area contributed by atoms with Gasteiger partial charge in [0.1, 0.15) is 6.04 Å². The number of hydrogen-bond donors (Lipinski definition) is 2. The van der Waals surface area contributed by atoms with Crippen LogP contribution >= 0.6 is 0 Å². The second kappa shape index (κ2) is 5.95. The van der Waals surface area contributed by atoms with Crippen molar-refractivity contribution in [3.05, 3.63) is 34.1 Å². The number of non-ortho nitro benzene ring substituents is 1. The summed E-state index contributed by atoms with van der Waals surface area (Å²) in [4.78, 5) is 20.6. The zero-order valence-electron chi connectivity index (χ0n) is 9.72. The Hall–Kier alpha value is -2.18. The molecule has 0 spiro atoms. The van der Waals surface area contributed by atoms with E-state index in [1.165, 1.54) is 6.07 Å². The highest BCUT2D eigenvalue weighted by atomic mass is 19.1. The predicted molar refractivity (Wildman–Crippen MR) is 63.0 cm³/mol. The Morgan fingerprint density at radius 3 is 2.72 bits per heavy atom. The van der Waals surface area contributed by atoms with Gasteiger partial charge in [-0.25, -0.2) is 9.18 Å². The van der Waals surface area contributed by atoms with Gasteiger partial charge in [0.05, 0.1) is 16.7 Å². The van der Waals surface area contributed by atoms with Gasteiger partial charge in [-0.2, -0.15) is 0 Å². The Kier molecular flexibility index (Phi) is 4.59. The van der Waals surface area contributed by atoms with Crippen LogP contribution in [0.5, 0.6) is 0 Å². The van der Waals surface area contributed by atoms with Crippen LogP contribution in [-0.2, 0) is 4.79 Å². The number of anilines is 1. The first-order valence-corrected chi connectivity index (χ1v) is 5.39. The molecule has 0 aliphatic carbocycles. The molecule has 1 aromatic carbocycles. The zero-order valence-corrected chi connectivity index (χ0v) is 9.72. The van der Waals surface area contributed by atoms with Crippen LogP contribution < -0.4 is 5.32 Å². The number of carbonyl (C=O) groups is 1. The molecule has 0 heterocycles. The lowest BCUT2D eigenvalue weighted by atomic mass is 10.1. The van der Waals surface area contributed by atoms with Crippen molar-refractivity contribution >= 4 is 17.3 Å². The number of carboxylic acids is 1. The molecule has 0 aromatic heterocycles. The van der Waals surface area contributed by atoms with E-state index < -0.39 is 22.8 Å². The topological polar surface area (TPSA) is 92.5 Å². The summed E-state index contributed by atoms with van der Waals surface area (Å²) >= 11 is 0. The Labute approximate surface area is 103 Å². The summed E-state index contributed by atoms with van der Waals surface area (Å²) in [6, 6.07) is 2.13. The minimum atomic E-state index is -1.09. The van der Waals surface area contributed by atoms with E-state index in [4.69, 9.17) is 5.11 Å². The minimum absolute atomic E-state index is 0.0542. The van der Waals surface area contributed by atoms with Crippen LogP contribution in [0, 0.1) is 15.9 Å². The van der Waals surface area contributed by atoms with E-state index in [-0.39, 0.29) is 11.4 Å². The third-order valence-electron chi connectivity index (χ3n) is 2.37. The molecule has 0 aliphatic heterocycles. The molecule has 18 heavy (non-hydrogen) atoms. The number of nitro benzene ring substituents is 1. The summed E-state index contributed by atoms with van der Waals surface area (Å²) < 4.78 is 13.5. The fourth-order valence-corrected chi connectivity index (χ4v) is 1.47. The second-order valence-electron chi connectivity index (χ2n) is 3.75. The molecular formula is C11H13FN2O4. The monoisotopic (exact) mass is 256 g/mol. The number of carboxylic acid groups (broad SMARTS) is 1. The van der Waals surface area contributed by atoms with E-state index >= 15 is 0 Å². The van der Waals surface area contributed by atoms with Crippen molar-refractivity contribution in [2.75, 3.05) is 5.32 Å². The largest absolute Gasteiger partial charge is 0.480 e. The molecule has 1 unspecified atom stereocenters. The van der Waals surface area contributed by atoms with Gasteiger partial charge in [0.15, 0.2) is 5.82 Å². The summed E-state index contributed by atoms with van der Waals surface area (Å²) in [5, 5.41) is 21.8. The van der Waals surface area contributed by atoms with Gasteiger partial charge >= 0.3 is 5.97 Å². The van der Waals surface area contributed by atoms with Gasteiger partial charge in [-0.05, 0) is 12.5 Å². The number of nitro groups is 1. The normalized spacial score (nSPS) is 11.9. The molecule has 1 rings (SSSR count). The lowest BCUT2D eigenvalue weighted by molar-refractivity contribution is -0.385. The number of halogens is 1. The molecule has 6 nitrogen and oxygen atoms in total. The van der Waals surface area contributed by atoms with Crippen molar-refractivity contribution in [2.45, 2.75) is 25.8 Å². The van der Waals surface area contributed by atoms with Crippen molar-refractivity contribution in [3.8, 4) is 0 Å². The molecule has 2 N–H and O–H groups in total. The SMILES string of the molecule is CCCC(Nc1ccc([N+](=O)[O-])cc1F)C(=O)O. The van der Waals surface area contributed by atoms with E-state index in [2.05, 4.69) is 5.32 Å². The Bertz CT molecular complexity index is 464. The molecule has 0 amide bonds. The van der Waals surface area contributed by atoms with E-state index in [1.54, 1.807) is 0 Å². The summed E-state index contributed by atoms with van der Waals surface area (Å²) in [6.45, 7) is 1.81. The van der Waals surface area contributed by atoms with E-state index in [0.717, 1.165) is 12.1 Å². The predicted octanol–water partition coefficient (Wildman–Crippen LogP) is 2.40. The molecule has 0 saturated heterocycles. The number of benzene rings is 1. The maximum Gasteiger partial charge on any atom is 0.326 e. The quantitative estimate of drug-likeness (QED) is 0.602. The van der Waals surface area contributed by atoms with Gasteiger partial charge in [-0.3, -0.25) is 10.1 Å². The van der Waals surface area contributed by atoms with E-state index in [1.807, 2.05) is 6.92 Å².